The van der Waals surface area contributed by atoms with Gasteiger partial charge in [-0.15, -0.1) is 11.3 Å². The van der Waals surface area contributed by atoms with E-state index in [0.717, 1.165) is 36.9 Å². The van der Waals surface area contributed by atoms with E-state index in [-0.39, 0.29) is 5.91 Å². The summed E-state index contributed by atoms with van der Waals surface area (Å²) in [5.74, 6) is -0.234. The van der Waals surface area contributed by atoms with Crippen LogP contribution in [0.15, 0.2) is 17.5 Å². The summed E-state index contributed by atoms with van der Waals surface area (Å²) in [6.45, 7) is 3.86. The number of thiophene rings is 1. The lowest BCUT2D eigenvalue weighted by Crippen LogP contribution is -2.31. The van der Waals surface area contributed by atoms with Crippen molar-refractivity contribution in [3.63, 3.8) is 0 Å². The van der Waals surface area contributed by atoms with Gasteiger partial charge in [0.25, 0.3) is 5.91 Å². The van der Waals surface area contributed by atoms with Crippen molar-refractivity contribution in [2.45, 2.75) is 26.2 Å². The monoisotopic (exact) mass is 293 g/mol. The number of rotatable bonds is 3. The molecule has 5 heteroatoms. The minimum Gasteiger partial charge on any atom is -0.478 e. The Bertz CT molecular complexity index is 521. The number of aliphatic carboxylic acids is 1. The molecule has 0 radical (unpaired) electrons. The number of carboxylic acid groups (broad SMARTS) is 1. The minimum atomic E-state index is -0.979. The Morgan fingerprint density at radius 2 is 2.20 bits per heavy atom. The van der Waals surface area contributed by atoms with Crippen molar-refractivity contribution in [3.8, 4) is 0 Å². The lowest BCUT2D eigenvalue weighted by atomic mass is 10.0. The zero-order chi connectivity index (χ0) is 14.5. The van der Waals surface area contributed by atoms with E-state index in [4.69, 9.17) is 5.11 Å². The highest BCUT2D eigenvalue weighted by Gasteiger charge is 2.20. The second-order valence-corrected chi connectivity index (χ2v) is 6.18. The number of hydrogen-bond acceptors (Lipinski definition) is 3. The van der Waals surface area contributed by atoms with Gasteiger partial charge in [-0.25, -0.2) is 4.79 Å². The number of carbonyl (C=O) groups excluding carboxylic acids is 1. The number of carboxylic acids is 1. The van der Waals surface area contributed by atoms with Gasteiger partial charge in [-0.2, -0.15) is 0 Å². The lowest BCUT2D eigenvalue weighted by molar-refractivity contribution is -0.131. The third-order valence-corrected chi connectivity index (χ3v) is 4.46. The topological polar surface area (TPSA) is 57.6 Å². The van der Waals surface area contributed by atoms with Crippen LogP contribution in [-0.2, 0) is 4.79 Å². The first-order chi connectivity index (χ1) is 9.56. The molecule has 1 unspecified atom stereocenters. The van der Waals surface area contributed by atoms with Crippen LogP contribution in [0.1, 0.15) is 41.4 Å². The molecule has 108 valence electrons. The second kappa shape index (κ2) is 6.70. The maximum Gasteiger partial charge on any atom is 0.328 e. The van der Waals surface area contributed by atoms with E-state index in [2.05, 4.69) is 6.92 Å². The molecule has 20 heavy (non-hydrogen) atoms. The molecule has 1 amide bonds. The van der Waals surface area contributed by atoms with Crippen molar-refractivity contribution in [1.29, 1.82) is 0 Å². The van der Waals surface area contributed by atoms with Gasteiger partial charge >= 0.3 is 5.97 Å². The molecule has 4 nitrogen and oxygen atoms in total. The van der Waals surface area contributed by atoms with Gasteiger partial charge in [0.2, 0.25) is 0 Å². The Hall–Kier alpha value is -1.62. The SMILES string of the molecule is CC1CCCN(C(=O)c2csc(C=CC(=O)O)c2)CC1. The molecule has 1 aromatic rings. The average molecular weight is 293 g/mol. The van der Waals surface area contributed by atoms with Gasteiger partial charge in [0.15, 0.2) is 0 Å². The molecule has 2 rings (SSSR count). The predicted molar refractivity (Wildman–Crippen MR) is 79.9 cm³/mol. The number of nitrogens with zero attached hydrogens (tertiary/aromatic N) is 1. The van der Waals surface area contributed by atoms with Crippen molar-refractivity contribution < 1.29 is 14.7 Å². The Morgan fingerprint density at radius 3 is 2.95 bits per heavy atom. The fraction of sp³-hybridized carbons (Fsp3) is 0.467. The van der Waals surface area contributed by atoms with Crippen LogP contribution in [0.2, 0.25) is 0 Å². The summed E-state index contributed by atoms with van der Waals surface area (Å²) in [4.78, 5) is 25.6. The third kappa shape index (κ3) is 3.93. The number of hydrogen-bond donors (Lipinski definition) is 1. The molecule has 2 heterocycles. The molecule has 1 atom stereocenters. The molecule has 0 saturated carbocycles. The molecular formula is C15H19NO3S. The van der Waals surface area contributed by atoms with Crippen molar-refractivity contribution in [1.82, 2.24) is 4.90 Å². The average Bonchev–Trinajstić information content (AvgIpc) is 2.78. The molecule has 1 aliphatic rings. The largest absolute Gasteiger partial charge is 0.478 e. The molecule has 1 N–H and O–H groups in total. The number of carbonyl (C=O) groups is 2. The van der Waals surface area contributed by atoms with E-state index in [9.17, 15) is 9.59 Å². The quantitative estimate of drug-likeness (QED) is 0.871. The smallest absolute Gasteiger partial charge is 0.328 e. The van der Waals surface area contributed by atoms with Crippen LogP contribution < -0.4 is 0 Å². The highest BCUT2D eigenvalue weighted by molar-refractivity contribution is 7.11. The molecule has 0 aromatic carbocycles. The van der Waals surface area contributed by atoms with Crippen LogP contribution in [0.4, 0.5) is 0 Å². The van der Waals surface area contributed by atoms with Crippen LogP contribution >= 0.6 is 11.3 Å². The maximum absolute atomic E-state index is 12.4. The first-order valence-electron chi connectivity index (χ1n) is 6.85. The predicted octanol–water partition coefficient (Wildman–Crippen LogP) is 3.11. The van der Waals surface area contributed by atoms with Gasteiger partial charge < -0.3 is 10.0 Å². The first-order valence-corrected chi connectivity index (χ1v) is 7.73. The summed E-state index contributed by atoms with van der Waals surface area (Å²) >= 11 is 1.39. The summed E-state index contributed by atoms with van der Waals surface area (Å²) in [6, 6.07) is 1.76. The van der Waals surface area contributed by atoms with Crippen molar-refractivity contribution >= 4 is 29.3 Å². The van der Waals surface area contributed by atoms with E-state index in [1.807, 2.05) is 4.90 Å². The van der Waals surface area contributed by atoms with Crippen molar-refractivity contribution in [3.05, 3.63) is 28.0 Å². The van der Waals surface area contributed by atoms with Gasteiger partial charge in [-0.1, -0.05) is 6.92 Å². The molecule has 1 aromatic heterocycles. The van der Waals surface area contributed by atoms with Crippen LogP contribution in [-0.4, -0.2) is 35.0 Å². The summed E-state index contributed by atoms with van der Waals surface area (Å²) in [7, 11) is 0. The van der Waals surface area contributed by atoms with Crippen molar-refractivity contribution in [2.75, 3.05) is 13.1 Å². The van der Waals surface area contributed by atoms with Gasteiger partial charge in [0.05, 0.1) is 5.56 Å². The summed E-state index contributed by atoms with van der Waals surface area (Å²) < 4.78 is 0. The second-order valence-electron chi connectivity index (χ2n) is 5.24. The standard InChI is InChI=1S/C15H19NO3S/c1-11-3-2-7-16(8-6-11)15(19)12-9-13(20-10-12)4-5-14(17)18/h4-5,9-11H,2-3,6-8H2,1H3,(H,17,18). The number of amides is 1. The Balaban J connectivity index is 2.03. The third-order valence-electron chi connectivity index (χ3n) is 3.56. The zero-order valence-electron chi connectivity index (χ0n) is 11.5. The van der Waals surface area contributed by atoms with E-state index < -0.39 is 5.97 Å². The van der Waals surface area contributed by atoms with Gasteiger partial charge in [0.1, 0.15) is 0 Å². The molecule has 0 spiro atoms. The molecule has 1 fully saturated rings. The highest BCUT2D eigenvalue weighted by atomic mass is 32.1. The molecular weight excluding hydrogens is 274 g/mol. The van der Waals surface area contributed by atoms with Crippen LogP contribution in [0.25, 0.3) is 6.08 Å². The van der Waals surface area contributed by atoms with Crippen LogP contribution in [0, 0.1) is 5.92 Å². The van der Waals surface area contributed by atoms with E-state index in [1.165, 1.54) is 23.8 Å². The lowest BCUT2D eigenvalue weighted by Gasteiger charge is -2.19. The van der Waals surface area contributed by atoms with Gasteiger partial charge in [-0.05, 0) is 37.3 Å². The van der Waals surface area contributed by atoms with E-state index in [1.54, 1.807) is 11.4 Å². The van der Waals surface area contributed by atoms with E-state index in [0.29, 0.717) is 11.5 Å². The molecule has 1 aliphatic heterocycles. The minimum absolute atomic E-state index is 0.0605. The summed E-state index contributed by atoms with van der Waals surface area (Å²) in [5.41, 5.74) is 0.662. The summed E-state index contributed by atoms with van der Waals surface area (Å²) in [5, 5.41) is 10.4. The molecule has 0 aliphatic carbocycles. The number of likely N-dealkylation sites (tertiary alicyclic amines) is 1. The zero-order valence-corrected chi connectivity index (χ0v) is 12.4. The summed E-state index contributed by atoms with van der Waals surface area (Å²) in [6.07, 6.45) is 5.91. The van der Waals surface area contributed by atoms with Gasteiger partial charge in [-0.3, -0.25) is 4.79 Å². The fourth-order valence-corrected chi connectivity index (χ4v) is 3.13. The van der Waals surface area contributed by atoms with E-state index >= 15 is 0 Å². The Labute approximate surface area is 122 Å². The molecule has 1 saturated heterocycles. The Kier molecular flexibility index (Phi) is 4.95. The van der Waals surface area contributed by atoms with Gasteiger partial charge in [0, 0.05) is 29.4 Å². The Morgan fingerprint density at radius 1 is 1.40 bits per heavy atom. The van der Waals surface area contributed by atoms with Crippen molar-refractivity contribution in [2.24, 2.45) is 5.92 Å². The molecule has 0 bridgehead atoms. The van der Waals surface area contributed by atoms with Crippen LogP contribution in [0.3, 0.4) is 0 Å². The maximum atomic E-state index is 12.4. The van der Waals surface area contributed by atoms with Crippen LogP contribution in [0.5, 0.6) is 0 Å². The highest BCUT2D eigenvalue weighted by Crippen LogP contribution is 2.21. The first kappa shape index (κ1) is 14.8. The fourth-order valence-electron chi connectivity index (χ4n) is 2.35. The normalized spacial score (nSPS) is 20.1.